The lowest BCUT2D eigenvalue weighted by atomic mass is 10.1. The molecule has 7 nitrogen and oxygen atoms in total. The zero-order valence-corrected chi connectivity index (χ0v) is 14.3. The first-order valence-corrected chi connectivity index (χ1v) is 8.12. The number of anilines is 1. The zero-order valence-electron chi connectivity index (χ0n) is 13.6. The molecule has 2 rings (SSSR count). The molecule has 1 unspecified atom stereocenters. The molecular weight excluding hydrogens is 334 g/mol. The number of amides is 2. The fourth-order valence-corrected chi connectivity index (χ4v) is 2.65. The second kappa shape index (κ2) is 8.98. The van der Waals surface area contributed by atoms with E-state index in [4.69, 9.17) is 26.8 Å². The molecule has 1 aromatic rings. The van der Waals surface area contributed by atoms with Gasteiger partial charge in [0.25, 0.3) is 5.91 Å². The van der Waals surface area contributed by atoms with Crippen molar-refractivity contribution in [3.8, 4) is 0 Å². The Labute approximate surface area is 146 Å². The number of ether oxygens (including phenoxy) is 2. The molecule has 0 radical (unpaired) electrons. The van der Waals surface area contributed by atoms with Crippen LogP contribution in [-0.4, -0.2) is 62.8 Å². The molecule has 8 heteroatoms. The van der Waals surface area contributed by atoms with E-state index in [0.717, 1.165) is 0 Å². The molecule has 1 saturated heterocycles. The van der Waals surface area contributed by atoms with E-state index in [-0.39, 0.29) is 30.9 Å². The van der Waals surface area contributed by atoms with Crippen molar-refractivity contribution in [1.29, 1.82) is 0 Å². The van der Waals surface area contributed by atoms with E-state index in [1.807, 2.05) is 0 Å². The number of carbonyl (C=O) groups excluding carboxylic acids is 2. The molecule has 0 bridgehead atoms. The van der Waals surface area contributed by atoms with E-state index in [2.05, 4.69) is 5.32 Å². The Morgan fingerprint density at radius 2 is 2.12 bits per heavy atom. The van der Waals surface area contributed by atoms with Gasteiger partial charge >= 0.3 is 0 Å². The summed E-state index contributed by atoms with van der Waals surface area (Å²) in [5.74, 6) is -0.362. The van der Waals surface area contributed by atoms with E-state index in [9.17, 15) is 9.59 Å². The van der Waals surface area contributed by atoms with Gasteiger partial charge in [-0.15, -0.1) is 0 Å². The molecule has 24 heavy (non-hydrogen) atoms. The third-order valence-corrected chi connectivity index (χ3v) is 4.10. The fourth-order valence-electron chi connectivity index (χ4n) is 2.38. The number of benzene rings is 1. The van der Waals surface area contributed by atoms with E-state index < -0.39 is 0 Å². The first-order valence-electron chi connectivity index (χ1n) is 7.74. The Balaban J connectivity index is 2.01. The van der Waals surface area contributed by atoms with Crippen LogP contribution in [0.5, 0.6) is 0 Å². The largest absolute Gasteiger partial charge is 0.380 e. The van der Waals surface area contributed by atoms with Gasteiger partial charge in [-0.3, -0.25) is 9.59 Å². The predicted molar refractivity (Wildman–Crippen MR) is 91.3 cm³/mol. The lowest BCUT2D eigenvalue weighted by molar-refractivity contribution is -0.118. The average Bonchev–Trinajstić information content (AvgIpc) is 2.60. The SMILES string of the molecule is COC(CN)CC(=O)Nc1ccc(C(=O)N2CCOCC2)c(Cl)c1. The molecule has 0 spiro atoms. The van der Waals surface area contributed by atoms with Crippen LogP contribution in [0, 0.1) is 0 Å². The third kappa shape index (κ3) is 4.91. The minimum absolute atomic E-state index is 0.135. The van der Waals surface area contributed by atoms with Gasteiger partial charge in [-0.05, 0) is 18.2 Å². The van der Waals surface area contributed by atoms with Crippen molar-refractivity contribution in [2.45, 2.75) is 12.5 Å². The number of nitrogens with one attached hydrogen (secondary N) is 1. The lowest BCUT2D eigenvalue weighted by Gasteiger charge is -2.27. The quantitative estimate of drug-likeness (QED) is 0.797. The Hall–Kier alpha value is -1.67. The number of morpholine rings is 1. The van der Waals surface area contributed by atoms with Crippen molar-refractivity contribution in [2.24, 2.45) is 5.73 Å². The monoisotopic (exact) mass is 355 g/mol. The smallest absolute Gasteiger partial charge is 0.255 e. The van der Waals surface area contributed by atoms with Gasteiger partial charge in [-0.1, -0.05) is 11.6 Å². The molecule has 0 aliphatic carbocycles. The van der Waals surface area contributed by atoms with E-state index >= 15 is 0 Å². The minimum atomic E-state index is -0.331. The summed E-state index contributed by atoms with van der Waals surface area (Å²) >= 11 is 6.21. The molecule has 1 fully saturated rings. The summed E-state index contributed by atoms with van der Waals surface area (Å²) < 4.78 is 10.3. The van der Waals surface area contributed by atoms with Crippen LogP contribution >= 0.6 is 11.6 Å². The molecule has 1 aliphatic heterocycles. The molecule has 132 valence electrons. The van der Waals surface area contributed by atoms with Crippen LogP contribution in [-0.2, 0) is 14.3 Å². The van der Waals surface area contributed by atoms with E-state index in [1.165, 1.54) is 7.11 Å². The Morgan fingerprint density at radius 1 is 1.42 bits per heavy atom. The molecule has 2 amide bonds. The van der Waals surface area contributed by atoms with Crippen molar-refractivity contribution >= 4 is 29.1 Å². The average molecular weight is 356 g/mol. The van der Waals surface area contributed by atoms with Gasteiger partial charge in [0.15, 0.2) is 0 Å². The summed E-state index contributed by atoms with van der Waals surface area (Å²) in [6.07, 6.45) is -0.179. The Morgan fingerprint density at radius 3 is 2.71 bits per heavy atom. The number of hydrogen-bond donors (Lipinski definition) is 2. The number of methoxy groups -OCH3 is 1. The second-order valence-corrected chi connectivity index (χ2v) is 5.85. The molecule has 3 N–H and O–H groups in total. The van der Waals surface area contributed by atoms with Gasteiger partial charge < -0.3 is 25.4 Å². The van der Waals surface area contributed by atoms with Gasteiger partial charge in [-0.2, -0.15) is 0 Å². The van der Waals surface area contributed by atoms with Gasteiger partial charge in [0.2, 0.25) is 5.91 Å². The lowest BCUT2D eigenvalue weighted by Crippen LogP contribution is -2.40. The van der Waals surface area contributed by atoms with Crippen LogP contribution in [0.3, 0.4) is 0 Å². The van der Waals surface area contributed by atoms with Crippen LogP contribution < -0.4 is 11.1 Å². The fraction of sp³-hybridized carbons (Fsp3) is 0.500. The van der Waals surface area contributed by atoms with E-state index in [1.54, 1.807) is 23.1 Å². The van der Waals surface area contributed by atoms with Crippen molar-refractivity contribution in [3.63, 3.8) is 0 Å². The van der Waals surface area contributed by atoms with Crippen LogP contribution in [0.1, 0.15) is 16.8 Å². The van der Waals surface area contributed by atoms with E-state index in [0.29, 0.717) is 42.6 Å². The number of hydrogen-bond acceptors (Lipinski definition) is 5. The number of carbonyl (C=O) groups is 2. The molecule has 0 aromatic heterocycles. The van der Waals surface area contributed by atoms with Crippen LogP contribution in [0.15, 0.2) is 18.2 Å². The number of rotatable bonds is 6. The van der Waals surface area contributed by atoms with Crippen molar-refractivity contribution in [1.82, 2.24) is 4.90 Å². The standard InChI is InChI=1S/C16H22ClN3O4/c1-23-12(10-18)9-15(21)19-11-2-3-13(14(17)8-11)16(22)20-4-6-24-7-5-20/h2-3,8,12H,4-7,9-10,18H2,1H3,(H,19,21). The van der Waals surface area contributed by atoms with Gasteiger partial charge in [-0.25, -0.2) is 0 Å². The third-order valence-electron chi connectivity index (χ3n) is 3.79. The van der Waals surface area contributed by atoms with Gasteiger partial charge in [0.05, 0.1) is 36.3 Å². The van der Waals surface area contributed by atoms with Gasteiger partial charge in [0, 0.05) is 32.4 Å². The van der Waals surface area contributed by atoms with Crippen molar-refractivity contribution in [2.75, 3.05) is 45.3 Å². The Bertz CT molecular complexity index is 587. The first-order chi connectivity index (χ1) is 11.5. The van der Waals surface area contributed by atoms with Crippen molar-refractivity contribution in [3.05, 3.63) is 28.8 Å². The summed E-state index contributed by atoms with van der Waals surface area (Å²) in [5, 5.41) is 3.02. The highest BCUT2D eigenvalue weighted by molar-refractivity contribution is 6.34. The summed E-state index contributed by atoms with van der Waals surface area (Å²) in [7, 11) is 1.51. The molecule has 1 heterocycles. The normalized spacial score (nSPS) is 15.9. The molecule has 1 aromatic carbocycles. The summed E-state index contributed by atoms with van der Waals surface area (Å²) in [5.41, 5.74) is 6.43. The van der Waals surface area contributed by atoms with Crippen LogP contribution in [0.4, 0.5) is 5.69 Å². The highest BCUT2D eigenvalue weighted by atomic mass is 35.5. The number of nitrogens with zero attached hydrogens (tertiary/aromatic N) is 1. The number of nitrogens with two attached hydrogens (primary N) is 1. The van der Waals surface area contributed by atoms with Crippen LogP contribution in [0.2, 0.25) is 5.02 Å². The summed E-state index contributed by atoms with van der Waals surface area (Å²) in [4.78, 5) is 26.1. The summed E-state index contributed by atoms with van der Waals surface area (Å²) in [6, 6.07) is 4.84. The summed E-state index contributed by atoms with van der Waals surface area (Å²) in [6.45, 7) is 2.41. The molecule has 0 saturated carbocycles. The van der Waals surface area contributed by atoms with Gasteiger partial charge in [0.1, 0.15) is 0 Å². The first kappa shape index (κ1) is 18.7. The maximum atomic E-state index is 12.4. The molecule has 1 atom stereocenters. The Kier molecular flexibility index (Phi) is 6.99. The maximum absolute atomic E-state index is 12.4. The predicted octanol–water partition coefficient (Wildman–Crippen LogP) is 1.11. The highest BCUT2D eigenvalue weighted by Crippen LogP contribution is 2.23. The van der Waals surface area contributed by atoms with Crippen LogP contribution in [0.25, 0.3) is 0 Å². The zero-order chi connectivity index (χ0) is 17.5. The van der Waals surface area contributed by atoms with Crippen molar-refractivity contribution < 1.29 is 19.1 Å². The highest BCUT2D eigenvalue weighted by Gasteiger charge is 2.21. The topological polar surface area (TPSA) is 93.9 Å². The molecular formula is C16H22ClN3O4. The maximum Gasteiger partial charge on any atom is 0.255 e. The molecule has 1 aliphatic rings. The number of halogens is 1. The minimum Gasteiger partial charge on any atom is -0.380 e. The second-order valence-electron chi connectivity index (χ2n) is 5.44.